The van der Waals surface area contributed by atoms with Crippen molar-refractivity contribution >= 4 is 22.8 Å². The topological polar surface area (TPSA) is 85.8 Å². The Balaban J connectivity index is 1.83. The summed E-state index contributed by atoms with van der Waals surface area (Å²) in [6, 6.07) is 10.4. The van der Waals surface area contributed by atoms with Gasteiger partial charge in [-0.3, -0.25) is 4.79 Å². The van der Waals surface area contributed by atoms with Gasteiger partial charge in [0.05, 0.1) is 34.7 Å². The summed E-state index contributed by atoms with van der Waals surface area (Å²) in [5.74, 6) is -1.43. The summed E-state index contributed by atoms with van der Waals surface area (Å²) in [4.78, 5) is 21.1. The SMILES string of the molecule is Nc1ccc2ccn(-c3cc(-c4c(F)cccc4F)nc4c3C(=O)NC4)c2n1. The molecule has 0 aliphatic carbocycles. The first-order valence-electron chi connectivity index (χ1n) is 8.53. The van der Waals surface area contributed by atoms with Gasteiger partial charge in [-0.1, -0.05) is 6.07 Å². The molecule has 3 aromatic heterocycles. The van der Waals surface area contributed by atoms with Crippen molar-refractivity contribution < 1.29 is 13.6 Å². The van der Waals surface area contributed by atoms with E-state index in [1.54, 1.807) is 16.8 Å². The summed E-state index contributed by atoms with van der Waals surface area (Å²) in [7, 11) is 0. The Labute approximate surface area is 157 Å². The van der Waals surface area contributed by atoms with Crippen molar-refractivity contribution in [1.29, 1.82) is 0 Å². The van der Waals surface area contributed by atoms with Crippen LogP contribution in [0.1, 0.15) is 16.1 Å². The Bertz CT molecular complexity index is 1260. The van der Waals surface area contributed by atoms with Gasteiger partial charge in [0, 0.05) is 11.6 Å². The van der Waals surface area contributed by atoms with Crippen molar-refractivity contribution in [1.82, 2.24) is 19.9 Å². The number of nitrogens with two attached hydrogens (primary N) is 1. The molecule has 138 valence electrons. The summed E-state index contributed by atoms with van der Waals surface area (Å²) >= 11 is 0. The summed E-state index contributed by atoms with van der Waals surface area (Å²) in [6.45, 7) is 0.180. The number of nitrogen functional groups attached to an aromatic ring is 1. The molecular formula is C20H13F2N5O. The van der Waals surface area contributed by atoms with Crippen LogP contribution < -0.4 is 11.1 Å². The summed E-state index contributed by atoms with van der Waals surface area (Å²) in [6.07, 6.45) is 1.74. The average molecular weight is 377 g/mol. The van der Waals surface area contributed by atoms with Gasteiger partial charge in [0.15, 0.2) is 0 Å². The van der Waals surface area contributed by atoms with E-state index in [9.17, 15) is 13.6 Å². The van der Waals surface area contributed by atoms with Gasteiger partial charge in [-0.15, -0.1) is 0 Å². The standard InChI is InChI=1S/C20H13F2N5O/c21-11-2-1-3-12(22)17(11)13-8-15(18-14(25-13)9-24-20(18)28)27-7-6-10-4-5-16(23)26-19(10)27/h1-8H,9H2,(H2,23,26)(H,24,28). The van der Waals surface area contributed by atoms with Gasteiger partial charge < -0.3 is 15.6 Å². The minimum atomic E-state index is -0.726. The van der Waals surface area contributed by atoms with Gasteiger partial charge in [0.25, 0.3) is 5.91 Å². The van der Waals surface area contributed by atoms with Crippen LogP contribution in [0.5, 0.6) is 0 Å². The highest BCUT2D eigenvalue weighted by Crippen LogP contribution is 2.32. The molecule has 0 spiro atoms. The molecule has 1 amide bonds. The van der Waals surface area contributed by atoms with Crippen LogP contribution in [0, 0.1) is 11.6 Å². The first-order chi connectivity index (χ1) is 13.5. The molecule has 28 heavy (non-hydrogen) atoms. The predicted molar refractivity (Wildman–Crippen MR) is 99.8 cm³/mol. The molecule has 0 bridgehead atoms. The second kappa shape index (κ2) is 5.85. The maximum Gasteiger partial charge on any atom is 0.255 e. The highest BCUT2D eigenvalue weighted by atomic mass is 19.1. The molecule has 1 aromatic carbocycles. The Morgan fingerprint density at radius 1 is 1.04 bits per heavy atom. The summed E-state index contributed by atoms with van der Waals surface area (Å²) in [5.41, 5.74) is 7.42. The predicted octanol–water partition coefficient (Wildman–Crippen LogP) is 3.19. The molecule has 0 saturated heterocycles. The lowest BCUT2D eigenvalue weighted by atomic mass is 10.1. The van der Waals surface area contributed by atoms with Gasteiger partial charge in [-0.25, -0.2) is 18.7 Å². The van der Waals surface area contributed by atoms with Crippen molar-refractivity contribution in [3.8, 4) is 16.9 Å². The van der Waals surface area contributed by atoms with Crippen LogP contribution in [-0.2, 0) is 6.54 Å². The van der Waals surface area contributed by atoms with E-state index in [2.05, 4.69) is 15.3 Å². The van der Waals surface area contributed by atoms with E-state index < -0.39 is 11.6 Å². The molecule has 0 unspecified atom stereocenters. The fourth-order valence-corrected chi connectivity index (χ4v) is 3.49. The van der Waals surface area contributed by atoms with E-state index in [1.807, 2.05) is 12.1 Å². The van der Waals surface area contributed by atoms with E-state index in [0.717, 1.165) is 5.39 Å². The zero-order valence-corrected chi connectivity index (χ0v) is 14.4. The number of amides is 1. The number of aromatic nitrogens is 3. The first kappa shape index (κ1) is 16.4. The number of carbonyl (C=O) groups is 1. The average Bonchev–Trinajstić information content (AvgIpc) is 3.24. The van der Waals surface area contributed by atoms with Crippen LogP contribution in [0.4, 0.5) is 14.6 Å². The van der Waals surface area contributed by atoms with Crippen molar-refractivity contribution in [2.45, 2.75) is 6.54 Å². The highest BCUT2D eigenvalue weighted by molar-refractivity contribution is 6.02. The number of rotatable bonds is 2. The molecule has 3 N–H and O–H groups in total. The van der Waals surface area contributed by atoms with Gasteiger partial charge in [-0.2, -0.15) is 0 Å². The summed E-state index contributed by atoms with van der Waals surface area (Å²) in [5, 5.41) is 3.52. The number of pyridine rings is 2. The normalized spacial score (nSPS) is 13.0. The molecule has 6 nitrogen and oxygen atoms in total. The van der Waals surface area contributed by atoms with Gasteiger partial charge in [0.2, 0.25) is 0 Å². The molecule has 1 aliphatic heterocycles. The fraction of sp³-hybridized carbons (Fsp3) is 0.0500. The van der Waals surface area contributed by atoms with E-state index in [-0.39, 0.29) is 23.7 Å². The Morgan fingerprint density at radius 3 is 2.61 bits per heavy atom. The van der Waals surface area contributed by atoms with Crippen molar-refractivity contribution in [3.05, 3.63) is 71.6 Å². The van der Waals surface area contributed by atoms with Gasteiger partial charge in [0.1, 0.15) is 23.1 Å². The zero-order valence-electron chi connectivity index (χ0n) is 14.4. The van der Waals surface area contributed by atoms with Crippen LogP contribution in [0.2, 0.25) is 0 Å². The number of nitrogens with zero attached hydrogens (tertiary/aromatic N) is 3. The molecule has 4 heterocycles. The molecule has 4 aromatic rings. The zero-order chi connectivity index (χ0) is 19.4. The van der Waals surface area contributed by atoms with Crippen LogP contribution >= 0.6 is 0 Å². The Hall–Kier alpha value is -3.81. The first-order valence-corrected chi connectivity index (χ1v) is 8.53. The van der Waals surface area contributed by atoms with Crippen LogP contribution in [-0.4, -0.2) is 20.4 Å². The molecule has 8 heteroatoms. The Morgan fingerprint density at radius 2 is 1.82 bits per heavy atom. The third-order valence-corrected chi connectivity index (χ3v) is 4.75. The van der Waals surface area contributed by atoms with E-state index in [0.29, 0.717) is 28.4 Å². The largest absolute Gasteiger partial charge is 0.384 e. The van der Waals surface area contributed by atoms with E-state index in [1.165, 1.54) is 24.3 Å². The lowest BCUT2D eigenvalue weighted by Crippen LogP contribution is -2.14. The minimum absolute atomic E-state index is 0.103. The van der Waals surface area contributed by atoms with E-state index in [4.69, 9.17) is 5.73 Å². The number of hydrogen-bond donors (Lipinski definition) is 2. The van der Waals surface area contributed by atoms with E-state index >= 15 is 0 Å². The number of carbonyl (C=O) groups excluding carboxylic acids is 1. The second-order valence-electron chi connectivity index (χ2n) is 6.46. The molecule has 0 atom stereocenters. The quantitative estimate of drug-likeness (QED) is 0.562. The minimum Gasteiger partial charge on any atom is -0.384 e. The molecule has 5 rings (SSSR count). The molecule has 1 aliphatic rings. The number of hydrogen-bond acceptors (Lipinski definition) is 4. The number of fused-ring (bicyclic) bond motifs is 2. The van der Waals surface area contributed by atoms with Crippen molar-refractivity contribution in [2.75, 3.05) is 5.73 Å². The molecule has 0 radical (unpaired) electrons. The van der Waals surface area contributed by atoms with Gasteiger partial charge >= 0.3 is 0 Å². The number of nitrogens with one attached hydrogen (secondary N) is 1. The Kier molecular flexibility index (Phi) is 3.42. The number of halogens is 2. The number of anilines is 1. The fourth-order valence-electron chi connectivity index (χ4n) is 3.49. The molecule has 0 saturated carbocycles. The smallest absolute Gasteiger partial charge is 0.255 e. The van der Waals surface area contributed by atoms with Crippen LogP contribution in [0.15, 0.2) is 48.7 Å². The van der Waals surface area contributed by atoms with Gasteiger partial charge in [-0.05, 0) is 36.4 Å². The second-order valence-corrected chi connectivity index (χ2v) is 6.46. The van der Waals surface area contributed by atoms with Crippen LogP contribution in [0.3, 0.4) is 0 Å². The third-order valence-electron chi connectivity index (χ3n) is 4.75. The molecular weight excluding hydrogens is 364 g/mol. The summed E-state index contributed by atoms with van der Waals surface area (Å²) < 4.78 is 30.4. The maximum atomic E-state index is 14.3. The van der Waals surface area contributed by atoms with Crippen molar-refractivity contribution in [3.63, 3.8) is 0 Å². The highest BCUT2D eigenvalue weighted by Gasteiger charge is 2.28. The lowest BCUT2D eigenvalue weighted by Gasteiger charge is -2.13. The molecule has 0 fully saturated rings. The van der Waals surface area contributed by atoms with Crippen LogP contribution in [0.25, 0.3) is 28.0 Å². The maximum absolute atomic E-state index is 14.3. The number of benzene rings is 1. The third kappa shape index (κ3) is 2.34. The lowest BCUT2D eigenvalue weighted by molar-refractivity contribution is 0.0966. The van der Waals surface area contributed by atoms with Crippen molar-refractivity contribution in [2.24, 2.45) is 0 Å². The monoisotopic (exact) mass is 377 g/mol.